The van der Waals surface area contributed by atoms with Gasteiger partial charge in [-0.3, -0.25) is 9.97 Å². The Kier molecular flexibility index (Phi) is 5.30. The van der Waals surface area contributed by atoms with Crippen LogP contribution < -0.4 is 0 Å². The van der Waals surface area contributed by atoms with Gasteiger partial charge in [0.1, 0.15) is 6.10 Å². The Hall–Kier alpha value is -1.95. The zero-order valence-electron chi connectivity index (χ0n) is 15.9. The molecule has 1 N–H and O–H groups in total. The number of rotatable bonds is 6. The van der Waals surface area contributed by atoms with Crippen LogP contribution in [0.15, 0.2) is 0 Å². The Bertz CT molecular complexity index is 818. The zero-order chi connectivity index (χ0) is 20.6. The summed E-state index contributed by atoms with van der Waals surface area (Å²) < 4.78 is 35.7. The summed E-state index contributed by atoms with van der Waals surface area (Å²) in [4.78, 5) is 0. The van der Waals surface area contributed by atoms with Crippen LogP contribution in [-0.4, -0.2) is 37.2 Å². The highest BCUT2D eigenvalue weighted by Gasteiger charge is 2.80. The fourth-order valence-corrected chi connectivity index (χ4v) is 6.70. The molecule has 9 nitrogen and oxygen atoms in total. The summed E-state index contributed by atoms with van der Waals surface area (Å²) in [6.07, 6.45) is 0.846. The number of nitriles is 3. The molecule has 2 aliphatic heterocycles. The summed E-state index contributed by atoms with van der Waals surface area (Å²) in [7, 11) is -3.69. The van der Waals surface area contributed by atoms with E-state index in [1.54, 1.807) is 13.8 Å². The molecule has 3 fully saturated rings. The Balaban J connectivity index is 2.16. The molecule has 2 bridgehead atoms. The van der Waals surface area contributed by atoms with Crippen molar-refractivity contribution in [2.24, 2.45) is 16.7 Å². The van der Waals surface area contributed by atoms with Crippen LogP contribution in [0, 0.1) is 56.2 Å². The summed E-state index contributed by atoms with van der Waals surface area (Å²) >= 11 is 0. The van der Waals surface area contributed by atoms with Crippen LogP contribution in [0.4, 0.5) is 0 Å². The SMILES string of the molecule is CCOP(=O)(C[C@@H]1O[C@@]23CCCC[C@@H]2[C@@](C#N)(C(=N)O3)C1(C#N)C#N)OCC. The van der Waals surface area contributed by atoms with Gasteiger partial charge in [-0.05, 0) is 26.7 Å². The summed E-state index contributed by atoms with van der Waals surface area (Å²) in [5.41, 5.74) is -3.85. The van der Waals surface area contributed by atoms with Crippen molar-refractivity contribution >= 4 is 13.5 Å². The highest BCUT2D eigenvalue weighted by atomic mass is 31.2. The Morgan fingerprint density at radius 3 is 2.36 bits per heavy atom. The molecule has 0 unspecified atom stereocenters. The summed E-state index contributed by atoms with van der Waals surface area (Å²) in [5, 5.41) is 38.7. The third-order valence-corrected chi connectivity index (χ3v) is 8.05. The van der Waals surface area contributed by atoms with Crippen molar-refractivity contribution in [2.45, 2.75) is 51.4 Å². The van der Waals surface area contributed by atoms with Gasteiger partial charge in [0.25, 0.3) is 0 Å². The van der Waals surface area contributed by atoms with Gasteiger partial charge in [-0.1, -0.05) is 6.42 Å². The highest BCUT2D eigenvalue weighted by Crippen LogP contribution is 2.68. The lowest BCUT2D eigenvalue weighted by Crippen LogP contribution is -2.64. The van der Waals surface area contributed by atoms with Crippen LogP contribution in [0.5, 0.6) is 0 Å². The maximum atomic E-state index is 13.1. The minimum absolute atomic E-state index is 0.111. The molecular formula is C18H23N4O5P. The van der Waals surface area contributed by atoms with E-state index in [-0.39, 0.29) is 19.4 Å². The quantitative estimate of drug-likeness (QED) is 0.661. The van der Waals surface area contributed by atoms with Crippen LogP contribution in [0.2, 0.25) is 0 Å². The molecule has 4 atom stereocenters. The van der Waals surface area contributed by atoms with Gasteiger partial charge in [-0.2, -0.15) is 15.8 Å². The number of nitrogens with one attached hydrogen (secondary N) is 1. The molecule has 0 radical (unpaired) electrons. The van der Waals surface area contributed by atoms with Crippen molar-refractivity contribution in [2.75, 3.05) is 19.4 Å². The van der Waals surface area contributed by atoms with E-state index < -0.39 is 42.1 Å². The normalized spacial score (nSPS) is 35.8. The molecule has 0 aromatic rings. The van der Waals surface area contributed by atoms with Crippen molar-refractivity contribution in [3.63, 3.8) is 0 Å². The molecular weight excluding hydrogens is 383 g/mol. The van der Waals surface area contributed by atoms with Crippen LogP contribution >= 0.6 is 7.60 Å². The van der Waals surface area contributed by atoms with Gasteiger partial charge in [0.05, 0.1) is 43.5 Å². The first kappa shape index (κ1) is 20.8. The number of nitrogens with zero attached hydrogens (tertiary/aromatic N) is 3. The predicted octanol–water partition coefficient (Wildman–Crippen LogP) is 3.09. The van der Waals surface area contributed by atoms with Crippen molar-refractivity contribution in [3.05, 3.63) is 0 Å². The van der Waals surface area contributed by atoms with E-state index in [1.165, 1.54) is 0 Å². The van der Waals surface area contributed by atoms with Crippen molar-refractivity contribution < 1.29 is 23.1 Å². The Labute approximate surface area is 164 Å². The molecule has 28 heavy (non-hydrogen) atoms. The van der Waals surface area contributed by atoms with Gasteiger partial charge in [0.15, 0.2) is 10.8 Å². The van der Waals surface area contributed by atoms with E-state index >= 15 is 0 Å². The molecule has 2 heterocycles. The smallest absolute Gasteiger partial charge is 0.333 e. The fourth-order valence-electron chi connectivity index (χ4n) is 4.87. The van der Waals surface area contributed by atoms with Gasteiger partial charge >= 0.3 is 7.60 Å². The maximum Gasteiger partial charge on any atom is 0.333 e. The lowest BCUT2D eigenvalue weighted by Gasteiger charge is -2.51. The van der Waals surface area contributed by atoms with Gasteiger partial charge in [-0.15, -0.1) is 0 Å². The van der Waals surface area contributed by atoms with E-state index in [9.17, 15) is 20.4 Å². The van der Waals surface area contributed by atoms with Gasteiger partial charge in [0.2, 0.25) is 11.7 Å². The molecule has 1 aliphatic carbocycles. The first-order valence-electron chi connectivity index (χ1n) is 9.41. The molecule has 2 saturated heterocycles. The molecule has 0 amide bonds. The van der Waals surface area contributed by atoms with E-state index in [0.717, 1.165) is 12.8 Å². The first-order chi connectivity index (χ1) is 13.3. The summed E-state index contributed by atoms with van der Waals surface area (Å²) in [6, 6.07) is 5.96. The number of hydrogen-bond donors (Lipinski definition) is 1. The molecule has 150 valence electrons. The molecule has 0 spiro atoms. The van der Waals surface area contributed by atoms with E-state index in [4.69, 9.17) is 23.9 Å². The molecule has 1 saturated carbocycles. The average molecular weight is 406 g/mol. The van der Waals surface area contributed by atoms with Crippen molar-refractivity contribution in [1.82, 2.24) is 0 Å². The molecule has 3 aliphatic rings. The van der Waals surface area contributed by atoms with Crippen LogP contribution in [0.3, 0.4) is 0 Å². The highest BCUT2D eigenvalue weighted by molar-refractivity contribution is 7.53. The van der Waals surface area contributed by atoms with Crippen LogP contribution in [0.25, 0.3) is 0 Å². The summed E-state index contributed by atoms with van der Waals surface area (Å²) in [5.74, 6) is -2.30. The van der Waals surface area contributed by atoms with Crippen LogP contribution in [0.1, 0.15) is 39.5 Å². The maximum absolute atomic E-state index is 13.1. The second kappa shape index (κ2) is 7.14. The van der Waals surface area contributed by atoms with Gasteiger partial charge in [-0.25, -0.2) is 0 Å². The topological polar surface area (TPSA) is 149 Å². The second-order valence-electron chi connectivity index (χ2n) is 7.23. The molecule has 0 aromatic carbocycles. The third-order valence-electron chi connectivity index (χ3n) is 5.97. The molecule has 10 heteroatoms. The predicted molar refractivity (Wildman–Crippen MR) is 95.8 cm³/mol. The zero-order valence-corrected chi connectivity index (χ0v) is 16.8. The lowest BCUT2D eigenvalue weighted by molar-refractivity contribution is -0.286. The Morgan fingerprint density at radius 2 is 1.82 bits per heavy atom. The van der Waals surface area contributed by atoms with Crippen molar-refractivity contribution in [1.29, 1.82) is 21.2 Å². The number of hydrogen-bond acceptors (Lipinski definition) is 9. The fraction of sp³-hybridized carbons (Fsp3) is 0.778. The summed E-state index contributed by atoms with van der Waals surface area (Å²) in [6.45, 7) is 3.54. The van der Waals surface area contributed by atoms with E-state index in [1.807, 2.05) is 12.1 Å². The second-order valence-corrected chi connectivity index (χ2v) is 9.33. The standard InChI is InChI=1S/C18H23N4O5P/c1-3-24-28(23,25-4-2)9-14-16(10-19,11-20)17(12-21)13-7-5-6-8-18(13,26-14)27-15(17)22/h13-14,22H,3-9H2,1-2H3/t13-,14+,17+,18-/m1/s1. The van der Waals surface area contributed by atoms with Gasteiger partial charge < -0.3 is 18.5 Å². The average Bonchev–Trinajstić information content (AvgIpc) is 2.88. The van der Waals surface area contributed by atoms with E-state index in [0.29, 0.717) is 12.8 Å². The van der Waals surface area contributed by atoms with Crippen LogP contribution in [-0.2, 0) is 23.1 Å². The Morgan fingerprint density at radius 1 is 1.18 bits per heavy atom. The monoisotopic (exact) mass is 406 g/mol. The number of ether oxygens (including phenoxy) is 2. The minimum Gasteiger partial charge on any atom is -0.447 e. The van der Waals surface area contributed by atoms with Crippen molar-refractivity contribution in [3.8, 4) is 18.2 Å². The molecule has 3 rings (SSSR count). The molecule has 0 aromatic heterocycles. The van der Waals surface area contributed by atoms with Gasteiger partial charge in [0, 0.05) is 6.42 Å². The third kappa shape index (κ3) is 2.53. The van der Waals surface area contributed by atoms with E-state index in [2.05, 4.69) is 6.07 Å². The lowest BCUT2D eigenvalue weighted by atomic mass is 9.52. The first-order valence-corrected chi connectivity index (χ1v) is 11.1. The largest absolute Gasteiger partial charge is 0.447 e. The minimum atomic E-state index is -3.69.